The molecule has 2 aromatic rings. The summed E-state index contributed by atoms with van der Waals surface area (Å²) >= 11 is 0. The van der Waals surface area contributed by atoms with Gasteiger partial charge < -0.3 is 19.9 Å². The van der Waals surface area contributed by atoms with Crippen LogP contribution in [0.4, 0.5) is 23.7 Å². The normalized spacial score (nSPS) is 18.1. The summed E-state index contributed by atoms with van der Waals surface area (Å²) in [5, 5.41) is 5.21. The quantitative estimate of drug-likeness (QED) is 0.364. The molecule has 0 saturated carbocycles. The van der Waals surface area contributed by atoms with Gasteiger partial charge in [-0.2, -0.15) is 0 Å². The minimum absolute atomic E-state index is 0.0187. The number of carbonyl (C=O) groups is 1. The summed E-state index contributed by atoms with van der Waals surface area (Å²) < 4.78 is 54.0. The summed E-state index contributed by atoms with van der Waals surface area (Å²) in [4.78, 5) is 17.2. The van der Waals surface area contributed by atoms with Gasteiger partial charge in [0.2, 0.25) is 8.32 Å². The number of urea groups is 1. The van der Waals surface area contributed by atoms with Crippen molar-refractivity contribution in [1.29, 1.82) is 0 Å². The number of rotatable bonds is 6. The van der Waals surface area contributed by atoms with E-state index in [1.54, 1.807) is 0 Å². The van der Waals surface area contributed by atoms with Crippen LogP contribution in [0.25, 0.3) is 0 Å². The second-order valence-corrected chi connectivity index (χ2v) is 14.6. The van der Waals surface area contributed by atoms with E-state index in [2.05, 4.69) is 41.9 Å². The van der Waals surface area contributed by atoms with Crippen LogP contribution in [-0.2, 0) is 4.53 Å². The number of ether oxygens (including phenoxy) is 1. The molecule has 0 bridgehead atoms. The minimum atomic E-state index is -2.26. The van der Waals surface area contributed by atoms with Gasteiger partial charge in [-0.05, 0) is 42.4 Å². The van der Waals surface area contributed by atoms with Gasteiger partial charge in [0.05, 0.1) is 19.7 Å². The SMILES string of the molecule is COc1cc(F)c(C2CN=C(NO[Si](C)(C)C(C)(C)C)C2NC(=O)Nc2ccc(F)cc2)c(F)c1. The van der Waals surface area contributed by atoms with E-state index in [0.29, 0.717) is 5.69 Å². The third-order valence-corrected chi connectivity index (χ3v) is 10.6. The number of amides is 2. The van der Waals surface area contributed by atoms with Gasteiger partial charge in [0.25, 0.3) is 0 Å². The Kier molecular flexibility index (Phi) is 7.80. The Morgan fingerprint density at radius 2 is 1.69 bits per heavy atom. The molecule has 0 fully saturated rings. The zero-order valence-corrected chi connectivity index (χ0v) is 21.6. The number of benzene rings is 2. The van der Waals surface area contributed by atoms with Crippen molar-refractivity contribution in [3.8, 4) is 5.75 Å². The number of nitrogens with one attached hydrogen (secondary N) is 3. The Morgan fingerprint density at radius 3 is 2.23 bits per heavy atom. The Hall–Kier alpha value is -3.05. The van der Waals surface area contributed by atoms with Crippen LogP contribution in [0.15, 0.2) is 41.4 Å². The highest BCUT2D eigenvalue weighted by Gasteiger charge is 2.42. The van der Waals surface area contributed by atoms with Crippen LogP contribution in [0.3, 0.4) is 0 Å². The van der Waals surface area contributed by atoms with E-state index in [4.69, 9.17) is 9.26 Å². The Morgan fingerprint density at radius 1 is 1.09 bits per heavy atom. The largest absolute Gasteiger partial charge is 0.497 e. The van der Waals surface area contributed by atoms with Crippen molar-refractivity contribution in [2.45, 2.75) is 50.9 Å². The lowest BCUT2D eigenvalue weighted by Crippen LogP contribution is -2.53. The number of hydrogen-bond acceptors (Lipinski definition) is 5. The van der Waals surface area contributed by atoms with E-state index in [1.807, 2.05) is 13.1 Å². The molecule has 190 valence electrons. The first kappa shape index (κ1) is 26.5. The lowest BCUT2D eigenvalue weighted by atomic mass is 9.92. The lowest BCUT2D eigenvalue weighted by molar-refractivity contribution is 0.228. The molecule has 1 aliphatic rings. The molecule has 2 unspecified atom stereocenters. The molecule has 35 heavy (non-hydrogen) atoms. The average Bonchev–Trinajstić information content (AvgIpc) is 3.14. The van der Waals surface area contributed by atoms with Crippen molar-refractivity contribution in [3.05, 3.63) is 59.4 Å². The number of aliphatic imine (C=N–C) groups is 1. The predicted molar refractivity (Wildman–Crippen MR) is 132 cm³/mol. The monoisotopic (exact) mass is 508 g/mol. The molecule has 0 radical (unpaired) electrons. The highest BCUT2D eigenvalue weighted by Crippen LogP contribution is 2.37. The molecule has 3 rings (SSSR count). The van der Waals surface area contributed by atoms with Crippen LogP contribution in [0, 0.1) is 17.5 Å². The Labute approximate surface area is 204 Å². The second-order valence-electron chi connectivity index (χ2n) is 9.88. The molecule has 1 heterocycles. The maximum absolute atomic E-state index is 14.9. The van der Waals surface area contributed by atoms with E-state index in [-0.39, 0.29) is 28.7 Å². The topological polar surface area (TPSA) is 84.0 Å². The first-order chi connectivity index (χ1) is 16.3. The molecule has 11 heteroatoms. The van der Waals surface area contributed by atoms with E-state index in [9.17, 15) is 18.0 Å². The first-order valence-corrected chi connectivity index (χ1v) is 14.1. The summed E-state index contributed by atoms with van der Waals surface area (Å²) in [7, 11) is -0.948. The van der Waals surface area contributed by atoms with E-state index >= 15 is 0 Å². The van der Waals surface area contributed by atoms with Crippen LogP contribution in [0.1, 0.15) is 32.3 Å². The van der Waals surface area contributed by atoms with Gasteiger partial charge >= 0.3 is 6.03 Å². The highest BCUT2D eigenvalue weighted by atomic mass is 28.4. The number of hydroxylamine groups is 1. The molecular weight excluding hydrogens is 477 g/mol. The predicted octanol–water partition coefficient (Wildman–Crippen LogP) is 5.32. The van der Waals surface area contributed by atoms with E-state index < -0.39 is 43.8 Å². The second kappa shape index (κ2) is 10.3. The summed E-state index contributed by atoms with van der Waals surface area (Å²) in [6.07, 6.45) is 0. The van der Waals surface area contributed by atoms with Crippen LogP contribution < -0.4 is 20.9 Å². The smallest absolute Gasteiger partial charge is 0.319 e. The van der Waals surface area contributed by atoms with Crippen LogP contribution in [-0.4, -0.2) is 39.9 Å². The molecule has 2 amide bonds. The van der Waals surface area contributed by atoms with Crippen molar-refractivity contribution < 1.29 is 27.2 Å². The number of carbonyl (C=O) groups excluding carboxylic acids is 1. The fourth-order valence-corrected chi connectivity index (χ4v) is 3.99. The number of nitrogens with zero attached hydrogens (tertiary/aromatic N) is 1. The van der Waals surface area contributed by atoms with Crippen LogP contribution >= 0.6 is 0 Å². The van der Waals surface area contributed by atoms with Crippen molar-refractivity contribution in [1.82, 2.24) is 10.8 Å². The lowest BCUT2D eigenvalue weighted by Gasteiger charge is -2.36. The van der Waals surface area contributed by atoms with Gasteiger partial charge in [-0.25, -0.2) is 18.0 Å². The average molecular weight is 509 g/mol. The minimum Gasteiger partial charge on any atom is -0.497 e. The third-order valence-electron chi connectivity index (χ3n) is 6.42. The van der Waals surface area contributed by atoms with Gasteiger partial charge in [-0.3, -0.25) is 10.5 Å². The summed E-state index contributed by atoms with van der Waals surface area (Å²) in [5.74, 6) is -2.60. The molecule has 0 saturated heterocycles. The van der Waals surface area contributed by atoms with Crippen LogP contribution in [0.5, 0.6) is 5.75 Å². The molecule has 0 spiro atoms. The molecule has 2 atom stereocenters. The number of amidine groups is 1. The summed E-state index contributed by atoms with van der Waals surface area (Å²) in [6, 6.07) is 5.82. The zero-order chi connectivity index (χ0) is 26.0. The number of anilines is 1. The Bertz CT molecular complexity index is 1080. The third kappa shape index (κ3) is 6.15. The van der Waals surface area contributed by atoms with Gasteiger partial charge in [0.15, 0.2) is 0 Å². The summed E-state index contributed by atoms with van der Waals surface area (Å²) in [5.41, 5.74) is 3.00. The number of hydrogen-bond donors (Lipinski definition) is 3. The van der Waals surface area contributed by atoms with Gasteiger partial charge in [-0.15, -0.1) is 0 Å². The molecule has 2 aromatic carbocycles. The van der Waals surface area contributed by atoms with E-state index in [0.717, 1.165) is 12.1 Å². The van der Waals surface area contributed by atoms with Crippen LogP contribution in [0.2, 0.25) is 18.1 Å². The van der Waals surface area contributed by atoms with Crippen molar-refractivity contribution in [2.75, 3.05) is 19.0 Å². The fourth-order valence-electron chi connectivity index (χ4n) is 3.32. The van der Waals surface area contributed by atoms with Crippen molar-refractivity contribution in [3.63, 3.8) is 0 Å². The van der Waals surface area contributed by atoms with Crippen molar-refractivity contribution >= 4 is 25.9 Å². The molecule has 3 N–H and O–H groups in total. The van der Waals surface area contributed by atoms with Crippen molar-refractivity contribution in [2.24, 2.45) is 4.99 Å². The maximum Gasteiger partial charge on any atom is 0.319 e. The molecule has 0 aromatic heterocycles. The Balaban J connectivity index is 1.87. The van der Waals surface area contributed by atoms with E-state index in [1.165, 1.54) is 31.4 Å². The number of halogens is 3. The molecule has 1 aliphatic heterocycles. The molecule has 7 nitrogen and oxygen atoms in total. The van der Waals surface area contributed by atoms with Gasteiger partial charge in [0.1, 0.15) is 29.0 Å². The number of methoxy groups -OCH3 is 1. The maximum atomic E-state index is 14.9. The molecule has 0 aliphatic carbocycles. The molecular formula is C24H31F3N4O3Si. The summed E-state index contributed by atoms with van der Waals surface area (Å²) in [6.45, 7) is 10.3. The fraction of sp³-hybridized carbons (Fsp3) is 0.417. The first-order valence-electron chi connectivity index (χ1n) is 11.2. The standard InChI is InChI=1S/C24H31F3N4O3Si/c1-24(2,3)35(5,6)34-31-22-21(30-23(32)29-15-9-7-14(25)8-10-15)17(13-28-22)20-18(26)11-16(33-4)12-19(20)27/h7-12,17,21H,13H2,1-6H3,(H,28,31)(H2,29,30,32). The highest BCUT2D eigenvalue weighted by molar-refractivity contribution is 6.74. The zero-order valence-electron chi connectivity index (χ0n) is 20.6. The van der Waals surface area contributed by atoms with Gasteiger partial charge in [0, 0.05) is 29.3 Å². The van der Waals surface area contributed by atoms with Gasteiger partial charge in [-0.1, -0.05) is 20.8 Å².